The average molecular weight is 326 g/mol. The number of aryl methyl sites for hydroxylation is 2. The van der Waals surface area contributed by atoms with Gasteiger partial charge >= 0.3 is 0 Å². The summed E-state index contributed by atoms with van der Waals surface area (Å²) in [4.78, 5) is 18.3. The molecule has 0 spiro atoms. The Morgan fingerprint density at radius 1 is 1.17 bits per heavy atom. The maximum Gasteiger partial charge on any atom is 0.267 e. The largest absolute Gasteiger partial charge is 0.496 e. The zero-order chi connectivity index (χ0) is 16.6. The third-order valence-electron chi connectivity index (χ3n) is 4.02. The normalized spacial score (nSPS) is 11.0. The molecule has 0 unspecified atom stereocenters. The molecule has 4 nitrogen and oxygen atoms in total. The van der Waals surface area contributed by atoms with Crippen molar-refractivity contribution in [2.24, 2.45) is 0 Å². The molecule has 23 heavy (non-hydrogen) atoms. The number of thioether (sulfide) groups is 1. The second-order valence-corrected chi connectivity index (χ2v) is 6.29. The Bertz CT molecular complexity index is 899. The van der Waals surface area contributed by atoms with Crippen molar-refractivity contribution in [2.75, 3.05) is 13.4 Å². The van der Waals surface area contributed by atoms with Crippen LogP contribution in [0.5, 0.6) is 5.75 Å². The summed E-state index contributed by atoms with van der Waals surface area (Å²) in [5, 5.41) is 0. The molecule has 1 heterocycles. The second kappa shape index (κ2) is 6.08. The molecular formula is C18H18N2O2S. The van der Waals surface area contributed by atoms with Crippen LogP contribution in [0.15, 0.2) is 41.6 Å². The topological polar surface area (TPSA) is 44.1 Å². The van der Waals surface area contributed by atoms with Gasteiger partial charge in [0.15, 0.2) is 0 Å². The van der Waals surface area contributed by atoms with Crippen LogP contribution in [0.2, 0.25) is 0 Å². The number of hydrogen-bond donors (Lipinski definition) is 0. The number of methoxy groups -OCH3 is 1. The predicted molar refractivity (Wildman–Crippen MR) is 93.7 cm³/mol. The zero-order valence-corrected chi connectivity index (χ0v) is 14.4. The zero-order valence-electron chi connectivity index (χ0n) is 13.6. The summed E-state index contributed by atoms with van der Waals surface area (Å²) in [7, 11) is 1.58. The van der Waals surface area contributed by atoms with E-state index in [0.29, 0.717) is 11.3 Å². The van der Waals surface area contributed by atoms with E-state index in [1.807, 2.05) is 44.4 Å². The quantitative estimate of drug-likeness (QED) is 0.681. The molecule has 0 aliphatic rings. The summed E-state index contributed by atoms with van der Waals surface area (Å²) in [5.41, 5.74) is 4.46. The van der Waals surface area contributed by atoms with E-state index in [2.05, 4.69) is 4.98 Å². The van der Waals surface area contributed by atoms with Crippen molar-refractivity contribution < 1.29 is 9.53 Å². The number of ether oxygens (including phenoxy) is 1. The molecule has 0 saturated carbocycles. The molecule has 2 aromatic carbocycles. The van der Waals surface area contributed by atoms with Gasteiger partial charge in [-0.25, -0.2) is 4.98 Å². The van der Waals surface area contributed by atoms with Gasteiger partial charge in [0.05, 0.1) is 23.7 Å². The molecule has 118 valence electrons. The van der Waals surface area contributed by atoms with Gasteiger partial charge in [-0.1, -0.05) is 0 Å². The Morgan fingerprint density at radius 2 is 1.91 bits per heavy atom. The van der Waals surface area contributed by atoms with Gasteiger partial charge in [-0.2, -0.15) is 0 Å². The van der Waals surface area contributed by atoms with Crippen LogP contribution < -0.4 is 4.74 Å². The highest BCUT2D eigenvalue weighted by molar-refractivity contribution is 7.98. The summed E-state index contributed by atoms with van der Waals surface area (Å²) in [6.45, 7) is 4.07. The first kappa shape index (κ1) is 15.6. The molecule has 1 aromatic heterocycles. The van der Waals surface area contributed by atoms with Crippen molar-refractivity contribution in [2.45, 2.75) is 18.7 Å². The van der Waals surface area contributed by atoms with Crippen LogP contribution >= 0.6 is 11.8 Å². The number of aromatic nitrogens is 2. The van der Waals surface area contributed by atoms with Crippen LogP contribution in [0.1, 0.15) is 21.5 Å². The first-order valence-corrected chi connectivity index (χ1v) is 8.48. The molecule has 0 atom stereocenters. The van der Waals surface area contributed by atoms with Gasteiger partial charge in [-0.15, -0.1) is 11.8 Å². The number of imidazole rings is 1. The molecule has 0 bridgehead atoms. The molecular weight excluding hydrogens is 308 g/mol. The van der Waals surface area contributed by atoms with Gasteiger partial charge < -0.3 is 4.74 Å². The number of hydrogen-bond acceptors (Lipinski definition) is 4. The fourth-order valence-corrected chi connectivity index (χ4v) is 2.96. The number of rotatable bonds is 3. The van der Waals surface area contributed by atoms with Gasteiger partial charge in [0, 0.05) is 4.90 Å². The summed E-state index contributed by atoms with van der Waals surface area (Å²) in [5.74, 6) is 0.438. The maximum atomic E-state index is 12.9. The predicted octanol–water partition coefficient (Wildman–Crippen LogP) is 4.07. The van der Waals surface area contributed by atoms with Crippen LogP contribution in [0.3, 0.4) is 0 Å². The van der Waals surface area contributed by atoms with Crippen molar-refractivity contribution in [3.05, 3.63) is 53.3 Å². The second-order valence-electron chi connectivity index (χ2n) is 5.41. The lowest BCUT2D eigenvalue weighted by Gasteiger charge is -2.10. The number of fused-ring (bicyclic) bond motifs is 1. The Balaban J connectivity index is 2.12. The minimum absolute atomic E-state index is 0.139. The van der Waals surface area contributed by atoms with Gasteiger partial charge in [0.2, 0.25) is 0 Å². The fourth-order valence-electron chi connectivity index (χ4n) is 2.53. The van der Waals surface area contributed by atoms with Gasteiger partial charge in [0.1, 0.15) is 12.1 Å². The highest BCUT2D eigenvalue weighted by Gasteiger charge is 2.17. The van der Waals surface area contributed by atoms with Crippen molar-refractivity contribution in [1.82, 2.24) is 9.55 Å². The minimum Gasteiger partial charge on any atom is -0.496 e. The Kier molecular flexibility index (Phi) is 4.13. The highest BCUT2D eigenvalue weighted by Crippen LogP contribution is 2.27. The summed E-state index contributed by atoms with van der Waals surface area (Å²) >= 11 is 1.61. The lowest BCUT2D eigenvalue weighted by atomic mass is 10.1. The summed E-state index contributed by atoms with van der Waals surface area (Å²) in [6, 6.07) is 9.61. The summed E-state index contributed by atoms with van der Waals surface area (Å²) in [6.07, 6.45) is 3.57. The Labute approximate surface area is 139 Å². The smallest absolute Gasteiger partial charge is 0.267 e. The Hall–Kier alpha value is -2.27. The Morgan fingerprint density at radius 3 is 2.61 bits per heavy atom. The van der Waals surface area contributed by atoms with Crippen molar-refractivity contribution in [1.29, 1.82) is 0 Å². The molecule has 0 saturated heterocycles. The van der Waals surface area contributed by atoms with Gasteiger partial charge in [-0.05, 0) is 61.6 Å². The lowest BCUT2D eigenvalue weighted by molar-refractivity contribution is 0.0961. The minimum atomic E-state index is -0.139. The number of carbonyl (C=O) groups excluding carboxylic acids is 1. The van der Waals surface area contributed by atoms with E-state index in [1.165, 1.54) is 0 Å². The molecule has 0 aliphatic heterocycles. The van der Waals surface area contributed by atoms with Crippen LogP contribution in [0, 0.1) is 13.8 Å². The molecule has 3 aromatic rings. The molecule has 0 radical (unpaired) electrons. The standard InChI is InChI=1S/C18H18N2O2S/c1-11-7-15-16(8-12(11)2)20(10-19-15)18(21)14-6-5-13(23-4)9-17(14)22-3/h5-10H,1-4H3. The highest BCUT2D eigenvalue weighted by atomic mass is 32.2. The molecule has 5 heteroatoms. The number of nitrogens with zero attached hydrogens (tertiary/aromatic N) is 2. The maximum absolute atomic E-state index is 12.9. The molecule has 0 amide bonds. The molecule has 3 rings (SSSR count). The van der Waals surface area contributed by atoms with Crippen LogP contribution in [-0.4, -0.2) is 28.8 Å². The van der Waals surface area contributed by atoms with E-state index in [-0.39, 0.29) is 5.91 Å². The van der Waals surface area contributed by atoms with Crippen molar-refractivity contribution in [3.8, 4) is 5.75 Å². The van der Waals surface area contributed by atoms with E-state index in [1.54, 1.807) is 35.8 Å². The molecule has 0 aliphatic carbocycles. The van der Waals surface area contributed by atoms with Gasteiger partial charge in [0.25, 0.3) is 5.91 Å². The van der Waals surface area contributed by atoms with Gasteiger partial charge in [-0.3, -0.25) is 9.36 Å². The lowest BCUT2D eigenvalue weighted by Crippen LogP contribution is -2.12. The SMILES string of the molecule is COc1cc(SC)ccc1C(=O)n1cnc2cc(C)c(C)cc21. The van der Waals surface area contributed by atoms with E-state index < -0.39 is 0 Å². The van der Waals surface area contributed by atoms with Crippen LogP contribution in [0.4, 0.5) is 0 Å². The van der Waals surface area contributed by atoms with E-state index in [9.17, 15) is 4.79 Å². The van der Waals surface area contributed by atoms with Crippen LogP contribution in [-0.2, 0) is 0 Å². The third kappa shape index (κ3) is 2.72. The number of benzene rings is 2. The van der Waals surface area contributed by atoms with Crippen molar-refractivity contribution >= 4 is 28.7 Å². The van der Waals surface area contributed by atoms with E-state index >= 15 is 0 Å². The summed E-state index contributed by atoms with van der Waals surface area (Å²) < 4.78 is 6.98. The van der Waals surface area contributed by atoms with Crippen molar-refractivity contribution in [3.63, 3.8) is 0 Å². The fraction of sp³-hybridized carbons (Fsp3) is 0.222. The molecule has 0 N–H and O–H groups in total. The third-order valence-corrected chi connectivity index (χ3v) is 4.75. The average Bonchev–Trinajstić information content (AvgIpc) is 2.96. The first-order chi connectivity index (χ1) is 11.0. The number of carbonyl (C=O) groups is 1. The van der Waals surface area contributed by atoms with E-state index in [0.717, 1.165) is 27.1 Å². The van der Waals surface area contributed by atoms with E-state index in [4.69, 9.17) is 4.74 Å². The molecule has 0 fully saturated rings. The first-order valence-electron chi connectivity index (χ1n) is 7.26. The monoisotopic (exact) mass is 326 g/mol. The van der Waals surface area contributed by atoms with Crippen LogP contribution in [0.25, 0.3) is 11.0 Å².